The Bertz CT molecular complexity index is 631. The lowest BCUT2D eigenvalue weighted by molar-refractivity contribution is -0.131. The van der Waals surface area contributed by atoms with E-state index in [1.807, 2.05) is 12.1 Å². The van der Waals surface area contributed by atoms with Gasteiger partial charge in [0.25, 0.3) is 0 Å². The molecule has 20 heavy (non-hydrogen) atoms. The van der Waals surface area contributed by atoms with Crippen molar-refractivity contribution in [1.29, 1.82) is 0 Å². The molecule has 0 spiro atoms. The molecule has 0 saturated carbocycles. The normalized spacial score (nSPS) is 11.9. The number of aliphatic carboxylic acids is 1. The van der Waals surface area contributed by atoms with Crippen molar-refractivity contribution >= 4 is 12.0 Å². The van der Waals surface area contributed by atoms with Crippen LogP contribution in [0.15, 0.2) is 36.5 Å². The van der Waals surface area contributed by atoms with Gasteiger partial charge < -0.3 is 10.1 Å². The van der Waals surface area contributed by atoms with Crippen LogP contribution in [0.4, 0.5) is 0 Å². The number of H-pyrrole nitrogens is 1. The van der Waals surface area contributed by atoms with Crippen molar-refractivity contribution in [3.63, 3.8) is 0 Å². The van der Waals surface area contributed by atoms with E-state index in [1.165, 1.54) is 11.6 Å². The molecule has 0 radical (unpaired) electrons. The molecule has 0 saturated heterocycles. The SMILES string of the molecule is CC(C)(C)c1ccc(-c2ncc(/C=C/C(=O)O)[nH]2)cc1. The van der Waals surface area contributed by atoms with E-state index in [4.69, 9.17) is 5.11 Å². The van der Waals surface area contributed by atoms with Crippen LogP contribution in [0.3, 0.4) is 0 Å². The van der Waals surface area contributed by atoms with Crippen LogP contribution >= 0.6 is 0 Å². The fraction of sp³-hybridized carbons (Fsp3) is 0.250. The van der Waals surface area contributed by atoms with Gasteiger partial charge in [0.05, 0.1) is 11.9 Å². The van der Waals surface area contributed by atoms with E-state index in [1.54, 1.807) is 6.20 Å². The molecule has 0 unspecified atom stereocenters. The second-order valence-corrected chi connectivity index (χ2v) is 5.69. The third-order valence-corrected chi connectivity index (χ3v) is 3.03. The van der Waals surface area contributed by atoms with Crippen molar-refractivity contribution in [3.8, 4) is 11.4 Å². The van der Waals surface area contributed by atoms with Crippen LogP contribution in [0.2, 0.25) is 0 Å². The number of imidazole rings is 1. The number of carboxylic acid groups (broad SMARTS) is 1. The summed E-state index contributed by atoms with van der Waals surface area (Å²) in [6.07, 6.45) is 4.19. The van der Waals surface area contributed by atoms with Crippen LogP contribution in [0, 0.1) is 0 Å². The van der Waals surface area contributed by atoms with Gasteiger partial charge >= 0.3 is 5.97 Å². The van der Waals surface area contributed by atoms with Crippen molar-refractivity contribution in [1.82, 2.24) is 9.97 Å². The zero-order valence-corrected chi connectivity index (χ0v) is 11.8. The Kier molecular flexibility index (Phi) is 3.74. The number of aromatic amines is 1. The largest absolute Gasteiger partial charge is 0.478 e. The third kappa shape index (κ3) is 3.35. The maximum absolute atomic E-state index is 10.5. The van der Waals surface area contributed by atoms with E-state index in [0.29, 0.717) is 5.69 Å². The first-order valence-electron chi connectivity index (χ1n) is 6.43. The highest BCUT2D eigenvalue weighted by Crippen LogP contribution is 2.25. The summed E-state index contributed by atoms with van der Waals surface area (Å²) in [4.78, 5) is 17.8. The number of nitrogens with zero attached hydrogens (tertiary/aromatic N) is 1. The molecular formula is C16H18N2O2. The molecule has 104 valence electrons. The number of aromatic nitrogens is 2. The molecule has 0 bridgehead atoms. The van der Waals surface area contributed by atoms with Gasteiger partial charge in [-0.05, 0) is 17.1 Å². The van der Waals surface area contributed by atoms with Gasteiger partial charge in [0.2, 0.25) is 0 Å². The Balaban J connectivity index is 2.22. The summed E-state index contributed by atoms with van der Waals surface area (Å²) in [5, 5.41) is 8.58. The Morgan fingerprint density at radius 3 is 2.45 bits per heavy atom. The Labute approximate surface area is 118 Å². The van der Waals surface area contributed by atoms with Gasteiger partial charge in [0.15, 0.2) is 0 Å². The van der Waals surface area contributed by atoms with E-state index in [9.17, 15) is 4.79 Å². The second kappa shape index (κ2) is 5.33. The van der Waals surface area contributed by atoms with Gasteiger partial charge in [-0.3, -0.25) is 0 Å². The fourth-order valence-electron chi connectivity index (χ4n) is 1.86. The van der Waals surface area contributed by atoms with E-state index < -0.39 is 5.97 Å². The van der Waals surface area contributed by atoms with Gasteiger partial charge in [0.1, 0.15) is 5.82 Å². The van der Waals surface area contributed by atoms with Gasteiger partial charge in [-0.25, -0.2) is 9.78 Å². The molecule has 1 aromatic heterocycles. The maximum atomic E-state index is 10.5. The monoisotopic (exact) mass is 270 g/mol. The average Bonchev–Trinajstić information content (AvgIpc) is 2.84. The van der Waals surface area contributed by atoms with Crippen LogP contribution in [0.25, 0.3) is 17.5 Å². The maximum Gasteiger partial charge on any atom is 0.328 e. The minimum atomic E-state index is -0.976. The van der Waals surface area contributed by atoms with Crippen molar-refractivity contribution < 1.29 is 9.90 Å². The molecule has 0 aliphatic heterocycles. The Hall–Kier alpha value is -2.36. The molecule has 0 aliphatic carbocycles. The van der Waals surface area contributed by atoms with Crippen molar-refractivity contribution in [2.75, 3.05) is 0 Å². The summed E-state index contributed by atoms with van der Waals surface area (Å²) in [6, 6.07) is 8.21. The summed E-state index contributed by atoms with van der Waals surface area (Å²) in [7, 11) is 0. The highest BCUT2D eigenvalue weighted by Gasteiger charge is 2.13. The van der Waals surface area contributed by atoms with Crippen LogP contribution in [0.1, 0.15) is 32.0 Å². The summed E-state index contributed by atoms with van der Waals surface area (Å²) in [5.74, 6) is -0.244. The first kappa shape index (κ1) is 14.1. The summed E-state index contributed by atoms with van der Waals surface area (Å²) >= 11 is 0. The number of rotatable bonds is 3. The lowest BCUT2D eigenvalue weighted by Crippen LogP contribution is -2.10. The summed E-state index contributed by atoms with van der Waals surface area (Å²) in [5.41, 5.74) is 3.03. The van der Waals surface area contributed by atoms with E-state index in [-0.39, 0.29) is 5.41 Å². The number of benzene rings is 1. The summed E-state index contributed by atoms with van der Waals surface area (Å²) in [6.45, 7) is 6.51. The van der Waals surface area contributed by atoms with Crippen LogP contribution in [-0.4, -0.2) is 21.0 Å². The molecule has 1 aromatic carbocycles. The van der Waals surface area contributed by atoms with Gasteiger partial charge in [-0.1, -0.05) is 45.0 Å². The molecule has 0 amide bonds. The molecular weight excluding hydrogens is 252 g/mol. The van der Waals surface area contributed by atoms with Crippen molar-refractivity contribution in [2.45, 2.75) is 26.2 Å². The zero-order valence-electron chi connectivity index (χ0n) is 11.8. The second-order valence-electron chi connectivity index (χ2n) is 5.69. The highest BCUT2D eigenvalue weighted by molar-refractivity contribution is 5.84. The number of hydrogen-bond donors (Lipinski definition) is 2. The topological polar surface area (TPSA) is 66.0 Å². The first-order chi connectivity index (χ1) is 9.36. The molecule has 2 rings (SSSR count). The number of carbonyl (C=O) groups is 1. The van der Waals surface area contributed by atoms with E-state index >= 15 is 0 Å². The average molecular weight is 270 g/mol. The quantitative estimate of drug-likeness (QED) is 0.839. The molecule has 0 fully saturated rings. The fourth-order valence-corrected chi connectivity index (χ4v) is 1.86. The van der Waals surface area contributed by atoms with E-state index in [2.05, 4.69) is 42.9 Å². The van der Waals surface area contributed by atoms with Gasteiger partial charge in [0, 0.05) is 11.6 Å². The van der Waals surface area contributed by atoms with Crippen molar-refractivity contribution in [3.05, 3.63) is 47.8 Å². The van der Waals surface area contributed by atoms with E-state index in [0.717, 1.165) is 17.5 Å². The van der Waals surface area contributed by atoms with Crippen LogP contribution in [0.5, 0.6) is 0 Å². The smallest absolute Gasteiger partial charge is 0.328 e. The molecule has 4 heteroatoms. The molecule has 4 nitrogen and oxygen atoms in total. The molecule has 1 heterocycles. The first-order valence-corrected chi connectivity index (χ1v) is 6.43. The van der Waals surface area contributed by atoms with Crippen molar-refractivity contribution in [2.24, 2.45) is 0 Å². The number of carboxylic acids is 1. The molecule has 0 aliphatic rings. The minimum absolute atomic E-state index is 0.122. The predicted molar refractivity (Wildman–Crippen MR) is 79.4 cm³/mol. The zero-order chi connectivity index (χ0) is 14.8. The van der Waals surface area contributed by atoms with Gasteiger partial charge in [-0.2, -0.15) is 0 Å². The lowest BCUT2D eigenvalue weighted by atomic mass is 9.87. The highest BCUT2D eigenvalue weighted by atomic mass is 16.4. The summed E-state index contributed by atoms with van der Waals surface area (Å²) < 4.78 is 0. The molecule has 2 aromatic rings. The van der Waals surface area contributed by atoms with Crippen LogP contribution < -0.4 is 0 Å². The number of nitrogens with one attached hydrogen (secondary N) is 1. The Morgan fingerprint density at radius 1 is 1.25 bits per heavy atom. The Morgan fingerprint density at radius 2 is 1.90 bits per heavy atom. The minimum Gasteiger partial charge on any atom is -0.478 e. The number of hydrogen-bond acceptors (Lipinski definition) is 2. The third-order valence-electron chi connectivity index (χ3n) is 3.03. The predicted octanol–water partition coefficient (Wildman–Crippen LogP) is 3.47. The molecule has 2 N–H and O–H groups in total. The van der Waals surface area contributed by atoms with Crippen LogP contribution in [-0.2, 0) is 10.2 Å². The lowest BCUT2D eigenvalue weighted by Gasteiger charge is -2.18. The van der Waals surface area contributed by atoms with Gasteiger partial charge in [-0.15, -0.1) is 0 Å². The molecule has 0 atom stereocenters. The standard InChI is InChI=1S/C16H18N2O2/c1-16(2,3)12-6-4-11(5-7-12)15-17-10-13(18-15)8-9-14(19)20/h4-10H,1-3H3,(H,17,18)(H,19,20)/b9-8+.